The summed E-state index contributed by atoms with van der Waals surface area (Å²) < 4.78 is 5.76. The van der Waals surface area contributed by atoms with Crippen molar-refractivity contribution in [2.45, 2.75) is 39.7 Å². The lowest BCUT2D eigenvalue weighted by molar-refractivity contribution is 0.251. The van der Waals surface area contributed by atoms with Gasteiger partial charge in [-0.1, -0.05) is 32.4 Å². The van der Waals surface area contributed by atoms with Crippen molar-refractivity contribution in [3.05, 3.63) is 29.8 Å². The van der Waals surface area contributed by atoms with Crippen molar-refractivity contribution < 1.29 is 4.74 Å². The molecule has 1 unspecified atom stereocenters. The Kier molecular flexibility index (Phi) is 5.33. The van der Waals surface area contributed by atoms with Crippen LogP contribution in [0.2, 0.25) is 0 Å². The van der Waals surface area contributed by atoms with Gasteiger partial charge < -0.3 is 10.5 Å². The van der Waals surface area contributed by atoms with Crippen molar-refractivity contribution >= 4 is 0 Å². The van der Waals surface area contributed by atoms with Crippen molar-refractivity contribution in [3.8, 4) is 5.75 Å². The first-order valence-corrected chi connectivity index (χ1v) is 6.11. The Bertz CT molecular complexity index is 309. The lowest BCUT2D eigenvalue weighted by atomic mass is 10.1. The van der Waals surface area contributed by atoms with Crippen molar-refractivity contribution in [2.75, 3.05) is 6.61 Å². The van der Waals surface area contributed by atoms with Crippen LogP contribution < -0.4 is 10.5 Å². The zero-order chi connectivity index (χ0) is 12.0. The van der Waals surface area contributed by atoms with Crippen LogP contribution in [0, 0.1) is 5.92 Å². The molecule has 1 aromatic rings. The third kappa shape index (κ3) is 4.23. The summed E-state index contributed by atoms with van der Waals surface area (Å²) in [6.45, 7) is 7.20. The topological polar surface area (TPSA) is 35.2 Å². The van der Waals surface area contributed by atoms with E-state index in [1.54, 1.807) is 0 Å². The van der Waals surface area contributed by atoms with Gasteiger partial charge in [-0.15, -0.1) is 0 Å². The SMILES string of the molecule is CCCC(C)COc1cccc([C@@H](C)N)c1. The quantitative estimate of drug-likeness (QED) is 0.797. The molecule has 0 aromatic heterocycles. The molecule has 90 valence electrons. The van der Waals surface area contributed by atoms with Gasteiger partial charge in [0.25, 0.3) is 0 Å². The fraction of sp³-hybridized carbons (Fsp3) is 0.571. The summed E-state index contributed by atoms with van der Waals surface area (Å²) in [4.78, 5) is 0. The fourth-order valence-electron chi connectivity index (χ4n) is 1.70. The first-order chi connectivity index (χ1) is 7.63. The molecule has 0 amide bonds. The highest BCUT2D eigenvalue weighted by molar-refractivity contribution is 5.30. The zero-order valence-corrected chi connectivity index (χ0v) is 10.6. The van der Waals surface area contributed by atoms with Gasteiger partial charge >= 0.3 is 0 Å². The molecule has 0 aliphatic carbocycles. The Morgan fingerprint density at radius 2 is 2.06 bits per heavy atom. The average molecular weight is 221 g/mol. The molecule has 0 fully saturated rings. The summed E-state index contributed by atoms with van der Waals surface area (Å²) in [5.41, 5.74) is 6.96. The third-order valence-corrected chi connectivity index (χ3v) is 2.70. The summed E-state index contributed by atoms with van der Waals surface area (Å²) in [5.74, 6) is 1.54. The molecule has 16 heavy (non-hydrogen) atoms. The van der Waals surface area contributed by atoms with Gasteiger partial charge in [-0.3, -0.25) is 0 Å². The maximum atomic E-state index is 5.83. The highest BCUT2D eigenvalue weighted by Crippen LogP contribution is 2.18. The van der Waals surface area contributed by atoms with E-state index in [4.69, 9.17) is 10.5 Å². The minimum Gasteiger partial charge on any atom is -0.493 e. The summed E-state index contributed by atoms with van der Waals surface area (Å²) >= 11 is 0. The molecule has 0 heterocycles. The van der Waals surface area contributed by atoms with E-state index in [2.05, 4.69) is 13.8 Å². The van der Waals surface area contributed by atoms with Crippen molar-refractivity contribution in [3.63, 3.8) is 0 Å². The molecule has 2 nitrogen and oxygen atoms in total. The second-order valence-electron chi connectivity index (χ2n) is 4.57. The number of hydrogen-bond acceptors (Lipinski definition) is 2. The summed E-state index contributed by atoms with van der Waals surface area (Å²) in [6.07, 6.45) is 2.43. The maximum absolute atomic E-state index is 5.83. The number of ether oxygens (including phenoxy) is 1. The van der Waals surface area contributed by atoms with E-state index < -0.39 is 0 Å². The maximum Gasteiger partial charge on any atom is 0.119 e. The van der Waals surface area contributed by atoms with Crippen molar-refractivity contribution in [1.82, 2.24) is 0 Å². The molecule has 0 spiro atoms. The van der Waals surface area contributed by atoms with Crippen LogP contribution in [-0.2, 0) is 0 Å². The number of nitrogens with two attached hydrogens (primary N) is 1. The number of rotatable bonds is 6. The van der Waals surface area contributed by atoms with Crippen LogP contribution in [0.15, 0.2) is 24.3 Å². The zero-order valence-electron chi connectivity index (χ0n) is 10.6. The highest BCUT2D eigenvalue weighted by atomic mass is 16.5. The van der Waals surface area contributed by atoms with Crippen LogP contribution in [0.4, 0.5) is 0 Å². The minimum absolute atomic E-state index is 0.0663. The van der Waals surface area contributed by atoms with E-state index in [-0.39, 0.29) is 6.04 Å². The van der Waals surface area contributed by atoms with Gasteiger partial charge in [0.1, 0.15) is 5.75 Å². The Morgan fingerprint density at radius 3 is 2.69 bits per heavy atom. The minimum atomic E-state index is 0.0663. The summed E-state index contributed by atoms with van der Waals surface area (Å²) in [6, 6.07) is 8.12. The average Bonchev–Trinajstić information content (AvgIpc) is 2.27. The highest BCUT2D eigenvalue weighted by Gasteiger charge is 2.04. The van der Waals surface area contributed by atoms with Gasteiger partial charge in [0.15, 0.2) is 0 Å². The smallest absolute Gasteiger partial charge is 0.119 e. The van der Waals surface area contributed by atoms with E-state index >= 15 is 0 Å². The van der Waals surface area contributed by atoms with Gasteiger partial charge in [0.05, 0.1) is 6.61 Å². The van der Waals surface area contributed by atoms with Crippen LogP contribution >= 0.6 is 0 Å². The molecule has 0 bridgehead atoms. The van der Waals surface area contributed by atoms with E-state index in [0.29, 0.717) is 5.92 Å². The van der Waals surface area contributed by atoms with E-state index in [0.717, 1.165) is 17.9 Å². The van der Waals surface area contributed by atoms with E-state index in [9.17, 15) is 0 Å². The summed E-state index contributed by atoms with van der Waals surface area (Å²) in [7, 11) is 0. The molecule has 0 saturated carbocycles. The number of hydrogen-bond donors (Lipinski definition) is 1. The lowest BCUT2D eigenvalue weighted by Crippen LogP contribution is -2.09. The Labute approximate surface area is 98.8 Å². The molecule has 0 aliphatic heterocycles. The molecule has 0 radical (unpaired) electrons. The Morgan fingerprint density at radius 1 is 1.31 bits per heavy atom. The molecule has 1 rings (SSSR count). The molecule has 1 aromatic carbocycles. The van der Waals surface area contributed by atoms with Gasteiger partial charge in [0.2, 0.25) is 0 Å². The molecule has 0 aliphatic rings. The standard InChI is InChI=1S/C14H23NO/c1-4-6-11(2)10-16-14-8-5-7-13(9-14)12(3)15/h5,7-9,11-12H,4,6,10,15H2,1-3H3/t11?,12-/m1/s1. The predicted molar refractivity (Wildman–Crippen MR) is 68.6 cm³/mol. The van der Waals surface area contributed by atoms with Crippen LogP contribution in [0.5, 0.6) is 5.75 Å². The van der Waals surface area contributed by atoms with E-state index in [1.165, 1.54) is 12.8 Å². The monoisotopic (exact) mass is 221 g/mol. The van der Waals surface area contributed by atoms with Crippen LogP contribution in [0.1, 0.15) is 45.2 Å². The third-order valence-electron chi connectivity index (χ3n) is 2.70. The molecule has 2 atom stereocenters. The van der Waals surface area contributed by atoms with Gasteiger partial charge in [-0.2, -0.15) is 0 Å². The first-order valence-electron chi connectivity index (χ1n) is 6.11. The molecular formula is C14H23NO. The summed E-state index contributed by atoms with van der Waals surface area (Å²) in [5, 5.41) is 0. The molecule has 0 saturated heterocycles. The van der Waals surface area contributed by atoms with Gasteiger partial charge in [0, 0.05) is 6.04 Å². The van der Waals surface area contributed by atoms with Crippen LogP contribution in [-0.4, -0.2) is 6.61 Å². The second-order valence-corrected chi connectivity index (χ2v) is 4.57. The van der Waals surface area contributed by atoms with Crippen molar-refractivity contribution in [1.29, 1.82) is 0 Å². The predicted octanol–water partition coefficient (Wildman–Crippen LogP) is 3.52. The van der Waals surface area contributed by atoms with Gasteiger partial charge in [-0.25, -0.2) is 0 Å². The van der Waals surface area contributed by atoms with Crippen LogP contribution in [0.25, 0.3) is 0 Å². The fourth-order valence-corrected chi connectivity index (χ4v) is 1.70. The normalized spacial score (nSPS) is 14.5. The van der Waals surface area contributed by atoms with Crippen LogP contribution in [0.3, 0.4) is 0 Å². The Balaban J connectivity index is 2.50. The van der Waals surface area contributed by atoms with Crippen molar-refractivity contribution in [2.24, 2.45) is 11.7 Å². The molecule has 2 N–H and O–H groups in total. The Hall–Kier alpha value is -1.02. The molecule has 2 heteroatoms. The second kappa shape index (κ2) is 6.54. The first kappa shape index (κ1) is 13.0. The largest absolute Gasteiger partial charge is 0.493 e. The molecular weight excluding hydrogens is 198 g/mol. The lowest BCUT2D eigenvalue weighted by Gasteiger charge is -2.13. The van der Waals surface area contributed by atoms with E-state index in [1.807, 2.05) is 31.2 Å². The number of benzene rings is 1. The van der Waals surface area contributed by atoms with Gasteiger partial charge in [-0.05, 0) is 37.0 Å².